The van der Waals surface area contributed by atoms with Crippen LogP contribution in [-0.2, 0) is 4.74 Å². The van der Waals surface area contributed by atoms with Crippen LogP contribution in [-0.4, -0.2) is 31.4 Å². The highest BCUT2D eigenvalue weighted by Crippen LogP contribution is 2.45. The van der Waals surface area contributed by atoms with Gasteiger partial charge in [-0.3, -0.25) is 9.59 Å². The Morgan fingerprint density at radius 3 is 2.52 bits per heavy atom. The molecule has 1 heterocycles. The van der Waals surface area contributed by atoms with Crippen LogP contribution in [0.15, 0.2) is 42.5 Å². The smallest absolute Gasteiger partial charge is 0.166 e. The Bertz CT molecular complexity index is 826. The molecule has 0 unspecified atom stereocenters. The number of fused-ring (bicyclic) bond motifs is 1. The lowest BCUT2D eigenvalue weighted by molar-refractivity contribution is 0.0963. The normalized spacial score (nSPS) is 18.0. The second-order valence-corrected chi connectivity index (χ2v) is 6.95. The first-order chi connectivity index (χ1) is 13.1. The second-order valence-electron chi connectivity index (χ2n) is 6.95. The van der Waals surface area contributed by atoms with Crippen molar-refractivity contribution in [2.24, 2.45) is 0 Å². The highest BCUT2D eigenvalue weighted by atomic mass is 16.5. The van der Waals surface area contributed by atoms with Crippen molar-refractivity contribution in [1.82, 2.24) is 0 Å². The van der Waals surface area contributed by atoms with E-state index < -0.39 is 0 Å². The van der Waals surface area contributed by atoms with E-state index in [1.54, 1.807) is 13.2 Å². The SMILES string of the molecule is CCC(=O)c1cc(C(=O)CCCOC)cc2c1O[C@H](C)[C@H]2c1ccccc1. The Balaban J connectivity index is 2.06. The number of ketones is 2. The molecule has 1 aliphatic heterocycles. The summed E-state index contributed by atoms with van der Waals surface area (Å²) in [7, 11) is 1.63. The number of hydrogen-bond acceptors (Lipinski definition) is 4. The van der Waals surface area contributed by atoms with Crippen LogP contribution in [0.4, 0.5) is 0 Å². The van der Waals surface area contributed by atoms with Gasteiger partial charge >= 0.3 is 0 Å². The van der Waals surface area contributed by atoms with Crippen molar-refractivity contribution >= 4 is 11.6 Å². The molecule has 0 amide bonds. The summed E-state index contributed by atoms with van der Waals surface area (Å²) in [6.07, 6.45) is 1.35. The molecule has 4 nitrogen and oxygen atoms in total. The van der Waals surface area contributed by atoms with Crippen LogP contribution in [0.2, 0.25) is 0 Å². The lowest BCUT2D eigenvalue weighted by Crippen LogP contribution is -2.15. The first-order valence-electron chi connectivity index (χ1n) is 9.51. The predicted molar refractivity (Wildman–Crippen MR) is 105 cm³/mol. The third-order valence-electron chi connectivity index (χ3n) is 5.08. The molecule has 2 aromatic carbocycles. The summed E-state index contributed by atoms with van der Waals surface area (Å²) in [5.41, 5.74) is 3.17. The molecular formula is C23H26O4. The zero-order valence-electron chi connectivity index (χ0n) is 16.2. The minimum Gasteiger partial charge on any atom is -0.489 e. The molecule has 0 bridgehead atoms. The number of methoxy groups -OCH3 is 1. The van der Waals surface area contributed by atoms with E-state index in [1.807, 2.05) is 38.1 Å². The largest absolute Gasteiger partial charge is 0.489 e. The maximum Gasteiger partial charge on any atom is 0.166 e. The lowest BCUT2D eigenvalue weighted by atomic mass is 9.86. The van der Waals surface area contributed by atoms with Crippen molar-refractivity contribution in [2.45, 2.75) is 45.1 Å². The second kappa shape index (κ2) is 8.49. The number of benzene rings is 2. The van der Waals surface area contributed by atoms with E-state index in [1.165, 1.54) is 0 Å². The van der Waals surface area contributed by atoms with Gasteiger partial charge in [-0.25, -0.2) is 0 Å². The Labute approximate surface area is 160 Å². The van der Waals surface area contributed by atoms with Crippen molar-refractivity contribution in [3.05, 3.63) is 64.7 Å². The summed E-state index contributed by atoms with van der Waals surface area (Å²) in [5, 5.41) is 0. The Morgan fingerprint density at radius 2 is 1.85 bits per heavy atom. The van der Waals surface area contributed by atoms with Crippen LogP contribution in [0.1, 0.15) is 70.9 Å². The maximum absolute atomic E-state index is 12.7. The summed E-state index contributed by atoms with van der Waals surface area (Å²) in [4.78, 5) is 25.2. The Kier molecular flexibility index (Phi) is 6.07. The van der Waals surface area contributed by atoms with Crippen molar-refractivity contribution < 1.29 is 19.1 Å². The molecule has 27 heavy (non-hydrogen) atoms. The van der Waals surface area contributed by atoms with Gasteiger partial charge in [0.1, 0.15) is 11.9 Å². The fraction of sp³-hybridized carbons (Fsp3) is 0.391. The molecule has 0 radical (unpaired) electrons. The van der Waals surface area contributed by atoms with E-state index in [0.717, 1.165) is 11.1 Å². The summed E-state index contributed by atoms with van der Waals surface area (Å²) in [6.45, 7) is 4.39. The topological polar surface area (TPSA) is 52.6 Å². The maximum atomic E-state index is 12.7. The van der Waals surface area contributed by atoms with E-state index in [-0.39, 0.29) is 23.6 Å². The van der Waals surface area contributed by atoms with Crippen molar-refractivity contribution in [3.63, 3.8) is 0 Å². The number of carbonyl (C=O) groups is 2. The highest BCUT2D eigenvalue weighted by Gasteiger charge is 2.36. The fourth-order valence-electron chi connectivity index (χ4n) is 3.71. The molecule has 0 saturated carbocycles. The van der Waals surface area contributed by atoms with Gasteiger partial charge in [0.15, 0.2) is 11.6 Å². The zero-order chi connectivity index (χ0) is 19.4. The molecule has 0 aliphatic carbocycles. The number of hydrogen-bond donors (Lipinski definition) is 0. The number of carbonyl (C=O) groups excluding carboxylic acids is 2. The van der Waals surface area contributed by atoms with Crippen LogP contribution in [0.3, 0.4) is 0 Å². The summed E-state index contributed by atoms with van der Waals surface area (Å²) < 4.78 is 11.2. The number of rotatable bonds is 8. The monoisotopic (exact) mass is 366 g/mol. The Morgan fingerprint density at radius 1 is 1.11 bits per heavy atom. The predicted octanol–water partition coefficient (Wildman–Crippen LogP) is 4.80. The summed E-state index contributed by atoms with van der Waals surface area (Å²) in [5.74, 6) is 0.679. The minimum absolute atomic E-state index is 0.00120. The van der Waals surface area contributed by atoms with E-state index in [9.17, 15) is 9.59 Å². The van der Waals surface area contributed by atoms with Crippen molar-refractivity contribution in [3.8, 4) is 5.75 Å². The Hall–Kier alpha value is -2.46. The van der Waals surface area contributed by atoms with Gasteiger partial charge in [-0.1, -0.05) is 37.3 Å². The molecule has 0 saturated heterocycles. The van der Waals surface area contributed by atoms with Gasteiger partial charge in [-0.05, 0) is 31.0 Å². The van der Waals surface area contributed by atoms with Crippen LogP contribution >= 0.6 is 0 Å². The number of Topliss-reactive ketones (excluding diaryl/α,β-unsaturated/α-hetero) is 2. The van der Waals surface area contributed by atoms with Gasteiger partial charge in [-0.15, -0.1) is 0 Å². The van der Waals surface area contributed by atoms with Crippen molar-refractivity contribution in [2.75, 3.05) is 13.7 Å². The third kappa shape index (κ3) is 3.96. The van der Waals surface area contributed by atoms with Gasteiger partial charge in [-0.2, -0.15) is 0 Å². The minimum atomic E-state index is -0.0929. The molecule has 2 aromatic rings. The first kappa shape index (κ1) is 19.3. The third-order valence-corrected chi connectivity index (χ3v) is 5.08. The highest BCUT2D eigenvalue weighted by molar-refractivity contribution is 6.04. The van der Waals surface area contributed by atoms with Gasteiger partial charge < -0.3 is 9.47 Å². The van der Waals surface area contributed by atoms with E-state index in [4.69, 9.17) is 9.47 Å². The van der Waals surface area contributed by atoms with E-state index in [2.05, 4.69) is 12.1 Å². The quantitative estimate of drug-likeness (QED) is 0.497. The van der Waals surface area contributed by atoms with Crippen LogP contribution < -0.4 is 4.74 Å². The molecule has 0 spiro atoms. The van der Waals surface area contributed by atoms with Gasteiger partial charge in [0.05, 0.1) is 5.56 Å². The molecule has 2 atom stereocenters. The summed E-state index contributed by atoms with van der Waals surface area (Å²) in [6, 6.07) is 13.7. The fourth-order valence-corrected chi connectivity index (χ4v) is 3.71. The number of ether oxygens (including phenoxy) is 2. The van der Waals surface area contributed by atoms with Crippen LogP contribution in [0, 0.1) is 0 Å². The van der Waals surface area contributed by atoms with E-state index in [0.29, 0.717) is 42.7 Å². The van der Waals surface area contributed by atoms with E-state index >= 15 is 0 Å². The standard InChI is InChI=1S/C23H26O4/c1-4-20(24)18-13-17(21(25)11-8-12-26-3)14-19-22(15(2)27-23(18)19)16-9-6-5-7-10-16/h5-7,9-10,13-15,22H,4,8,11-12H2,1-3H3/t15-,22+/m1/s1. The molecule has 1 aliphatic rings. The zero-order valence-corrected chi connectivity index (χ0v) is 16.2. The average molecular weight is 366 g/mol. The van der Waals surface area contributed by atoms with Gasteiger partial charge in [0.25, 0.3) is 0 Å². The first-order valence-corrected chi connectivity index (χ1v) is 9.51. The van der Waals surface area contributed by atoms with Crippen LogP contribution in [0.25, 0.3) is 0 Å². The molecule has 4 heteroatoms. The van der Waals surface area contributed by atoms with Crippen LogP contribution in [0.5, 0.6) is 5.75 Å². The van der Waals surface area contributed by atoms with Gasteiger partial charge in [0.2, 0.25) is 0 Å². The molecular weight excluding hydrogens is 340 g/mol. The summed E-state index contributed by atoms with van der Waals surface area (Å²) >= 11 is 0. The molecule has 3 rings (SSSR count). The molecule has 142 valence electrons. The van der Waals surface area contributed by atoms with Gasteiger partial charge in [0, 0.05) is 43.6 Å². The lowest BCUT2D eigenvalue weighted by Gasteiger charge is -2.15. The van der Waals surface area contributed by atoms with Crippen molar-refractivity contribution in [1.29, 1.82) is 0 Å². The molecule has 0 N–H and O–H groups in total. The average Bonchev–Trinajstić information content (AvgIpc) is 3.03. The molecule has 0 aromatic heterocycles. The molecule has 0 fully saturated rings.